The molecule has 3 aromatic rings. The molecule has 3 rings (SSSR count). The Morgan fingerprint density at radius 2 is 1.50 bits per heavy atom. The van der Waals surface area contributed by atoms with Crippen LogP contribution in [-0.4, -0.2) is 14.1 Å². The van der Waals surface area contributed by atoms with Crippen LogP contribution in [0.25, 0.3) is 11.0 Å². The number of anilines is 1. The van der Waals surface area contributed by atoms with Crippen molar-refractivity contribution in [3.05, 3.63) is 76.1 Å². The maximum absolute atomic E-state index is 11.3. The number of nitrogens with zero attached hydrogens (tertiary/aromatic N) is 1. The first kappa shape index (κ1) is 14.0. The van der Waals surface area contributed by atoms with E-state index in [1.807, 2.05) is 55.4 Å². The SMILES string of the molecule is CN(C)c1ccc(C#Cc2ccc3ccc(=O)oc3c2)cc1. The van der Waals surface area contributed by atoms with Crippen LogP contribution in [0.4, 0.5) is 5.69 Å². The molecule has 0 bridgehead atoms. The third kappa shape index (κ3) is 3.02. The predicted molar refractivity (Wildman–Crippen MR) is 89.2 cm³/mol. The van der Waals surface area contributed by atoms with E-state index < -0.39 is 0 Å². The van der Waals surface area contributed by atoms with Gasteiger partial charge in [0.25, 0.3) is 0 Å². The highest BCUT2D eigenvalue weighted by atomic mass is 16.4. The highest BCUT2D eigenvalue weighted by Crippen LogP contribution is 2.14. The lowest BCUT2D eigenvalue weighted by Crippen LogP contribution is -2.07. The molecule has 0 radical (unpaired) electrons. The molecule has 0 aliphatic rings. The molecule has 0 atom stereocenters. The van der Waals surface area contributed by atoms with Gasteiger partial charge in [-0.3, -0.25) is 0 Å². The van der Waals surface area contributed by atoms with Crippen LogP contribution in [0.15, 0.2) is 63.8 Å². The summed E-state index contributed by atoms with van der Waals surface area (Å²) in [6.45, 7) is 0. The average molecular weight is 289 g/mol. The lowest BCUT2D eigenvalue weighted by atomic mass is 10.1. The molecule has 1 aromatic heterocycles. The Hall–Kier alpha value is -2.99. The zero-order valence-corrected chi connectivity index (χ0v) is 12.5. The summed E-state index contributed by atoms with van der Waals surface area (Å²) in [7, 11) is 4.01. The monoisotopic (exact) mass is 289 g/mol. The molecule has 108 valence electrons. The molecule has 0 aliphatic carbocycles. The molecule has 0 N–H and O–H groups in total. The van der Waals surface area contributed by atoms with Gasteiger partial charge in [-0.1, -0.05) is 11.8 Å². The van der Waals surface area contributed by atoms with E-state index >= 15 is 0 Å². The van der Waals surface area contributed by atoms with Gasteiger partial charge in [-0.05, 0) is 48.5 Å². The van der Waals surface area contributed by atoms with Gasteiger partial charge in [0.2, 0.25) is 0 Å². The van der Waals surface area contributed by atoms with Gasteiger partial charge in [0.15, 0.2) is 0 Å². The largest absolute Gasteiger partial charge is 0.423 e. The fraction of sp³-hybridized carbons (Fsp3) is 0.105. The smallest absolute Gasteiger partial charge is 0.336 e. The van der Waals surface area contributed by atoms with Crippen molar-refractivity contribution in [2.75, 3.05) is 19.0 Å². The zero-order chi connectivity index (χ0) is 15.5. The van der Waals surface area contributed by atoms with E-state index in [1.165, 1.54) is 6.07 Å². The Morgan fingerprint density at radius 1 is 0.864 bits per heavy atom. The molecule has 0 saturated heterocycles. The molecule has 1 heterocycles. The lowest BCUT2D eigenvalue weighted by Gasteiger charge is -2.11. The van der Waals surface area contributed by atoms with Gasteiger partial charge in [0.1, 0.15) is 5.58 Å². The van der Waals surface area contributed by atoms with Gasteiger partial charge in [0.05, 0.1) is 0 Å². The minimum atomic E-state index is -0.350. The summed E-state index contributed by atoms with van der Waals surface area (Å²) in [6.07, 6.45) is 0. The third-order valence-electron chi connectivity index (χ3n) is 3.36. The standard InChI is InChI=1S/C19H15NO2/c1-20(2)17-10-6-14(7-11-17)3-4-15-5-8-16-9-12-19(21)22-18(16)13-15/h5-13H,1-2H3. The first-order valence-corrected chi connectivity index (χ1v) is 6.95. The Balaban J connectivity index is 1.91. The Morgan fingerprint density at radius 3 is 2.23 bits per heavy atom. The minimum absolute atomic E-state index is 0.350. The second-order valence-electron chi connectivity index (χ2n) is 5.20. The van der Waals surface area contributed by atoms with Crippen molar-refractivity contribution in [1.29, 1.82) is 0 Å². The number of hydrogen-bond donors (Lipinski definition) is 0. The van der Waals surface area contributed by atoms with Crippen LogP contribution >= 0.6 is 0 Å². The Bertz CT molecular complexity index is 925. The lowest BCUT2D eigenvalue weighted by molar-refractivity contribution is 0.561. The zero-order valence-electron chi connectivity index (χ0n) is 12.5. The maximum atomic E-state index is 11.3. The molecule has 22 heavy (non-hydrogen) atoms. The molecule has 0 saturated carbocycles. The summed E-state index contributed by atoms with van der Waals surface area (Å²) in [6, 6.07) is 16.8. The number of benzene rings is 2. The van der Waals surface area contributed by atoms with Gasteiger partial charge in [0, 0.05) is 42.4 Å². The highest BCUT2D eigenvalue weighted by molar-refractivity contribution is 5.77. The Labute approximate surface area is 128 Å². The van der Waals surface area contributed by atoms with E-state index in [0.29, 0.717) is 5.58 Å². The molecule has 0 unspecified atom stereocenters. The summed E-state index contributed by atoms with van der Waals surface area (Å²) in [4.78, 5) is 13.3. The number of fused-ring (bicyclic) bond motifs is 1. The van der Waals surface area contributed by atoms with Crippen LogP contribution < -0.4 is 10.5 Å². The van der Waals surface area contributed by atoms with Gasteiger partial charge < -0.3 is 9.32 Å². The van der Waals surface area contributed by atoms with E-state index in [2.05, 4.69) is 11.8 Å². The van der Waals surface area contributed by atoms with Crippen molar-refractivity contribution in [2.24, 2.45) is 0 Å². The quantitative estimate of drug-likeness (QED) is 0.509. The summed E-state index contributed by atoms with van der Waals surface area (Å²) >= 11 is 0. The van der Waals surface area contributed by atoms with Crippen molar-refractivity contribution in [2.45, 2.75) is 0 Å². The summed E-state index contributed by atoms with van der Waals surface area (Å²) in [5.74, 6) is 6.21. The molecule has 0 fully saturated rings. The Kier molecular flexibility index (Phi) is 3.67. The molecule has 3 nitrogen and oxygen atoms in total. The van der Waals surface area contributed by atoms with Gasteiger partial charge in [-0.25, -0.2) is 4.79 Å². The molecular formula is C19H15NO2. The van der Waals surface area contributed by atoms with Crippen molar-refractivity contribution >= 4 is 16.7 Å². The number of hydrogen-bond acceptors (Lipinski definition) is 3. The highest BCUT2D eigenvalue weighted by Gasteiger charge is 1.98. The minimum Gasteiger partial charge on any atom is -0.423 e. The van der Waals surface area contributed by atoms with Crippen molar-refractivity contribution in [3.63, 3.8) is 0 Å². The number of rotatable bonds is 1. The van der Waals surface area contributed by atoms with E-state index in [9.17, 15) is 4.79 Å². The summed E-state index contributed by atoms with van der Waals surface area (Å²) in [5.41, 5.74) is 3.11. The predicted octanol–water partition coefficient (Wildman–Crippen LogP) is 3.26. The fourth-order valence-electron chi connectivity index (χ4n) is 2.13. The molecule has 0 amide bonds. The normalized spacial score (nSPS) is 10.1. The van der Waals surface area contributed by atoms with Gasteiger partial charge >= 0.3 is 5.63 Å². The molecule has 2 aromatic carbocycles. The van der Waals surface area contributed by atoms with Crippen LogP contribution in [0.3, 0.4) is 0 Å². The first-order chi connectivity index (χ1) is 10.6. The van der Waals surface area contributed by atoms with Crippen LogP contribution in [-0.2, 0) is 0 Å². The van der Waals surface area contributed by atoms with E-state index in [1.54, 1.807) is 12.1 Å². The van der Waals surface area contributed by atoms with Gasteiger partial charge in [-0.2, -0.15) is 0 Å². The first-order valence-electron chi connectivity index (χ1n) is 6.95. The molecule has 0 aliphatic heterocycles. The second kappa shape index (κ2) is 5.79. The van der Waals surface area contributed by atoms with Crippen LogP contribution in [0.2, 0.25) is 0 Å². The van der Waals surface area contributed by atoms with Crippen molar-refractivity contribution in [1.82, 2.24) is 0 Å². The average Bonchev–Trinajstić information content (AvgIpc) is 2.53. The second-order valence-corrected chi connectivity index (χ2v) is 5.20. The topological polar surface area (TPSA) is 33.5 Å². The third-order valence-corrected chi connectivity index (χ3v) is 3.36. The fourth-order valence-corrected chi connectivity index (χ4v) is 2.13. The van der Waals surface area contributed by atoms with E-state index in [4.69, 9.17) is 4.42 Å². The van der Waals surface area contributed by atoms with E-state index in [0.717, 1.165) is 22.2 Å². The maximum Gasteiger partial charge on any atom is 0.336 e. The van der Waals surface area contributed by atoms with Crippen molar-refractivity contribution < 1.29 is 4.42 Å². The van der Waals surface area contributed by atoms with Crippen molar-refractivity contribution in [3.8, 4) is 11.8 Å². The molecule has 0 spiro atoms. The van der Waals surface area contributed by atoms with Crippen LogP contribution in [0.5, 0.6) is 0 Å². The molecule has 3 heteroatoms. The molecular weight excluding hydrogens is 274 g/mol. The summed E-state index contributed by atoms with van der Waals surface area (Å²) < 4.78 is 5.17. The van der Waals surface area contributed by atoms with Crippen LogP contribution in [0.1, 0.15) is 11.1 Å². The van der Waals surface area contributed by atoms with Crippen LogP contribution in [0, 0.1) is 11.8 Å². The van der Waals surface area contributed by atoms with Gasteiger partial charge in [-0.15, -0.1) is 0 Å². The summed E-state index contributed by atoms with van der Waals surface area (Å²) in [5, 5.41) is 0.889. The van der Waals surface area contributed by atoms with E-state index in [-0.39, 0.29) is 5.63 Å².